The summed E-state index contributed by atoms with van der Waals surface area (Å²) in [4.78, 5) is 137. The fourth-order valence-electron chi connectivity index (χ4n) is 6.04. The SMILES string of the molecule is O=C(O)C[C@H](NC(=O)[C@H](CC(=O)O)NC(=O)[C@H](CC(=O)O)NC(=O)CCCCCCCCCCCN(CC(=O)O)C(=O)CCC(=O)Nc1ncc(-c2ccc(C(=O)O)cc2)s1)C(=O)O. The van der Waals surface area contributed by atoms with E-state index in [1.54, 1.807) is 12.1 Å². The third-order valence-electron chi connectivity index (χ3n) is 9.28. The normalized spacial score (nSPS) is 12.1. The molecule has 1 aromatic carbocycles. The van der Waals surface area contributed by atoms with Gasteiger partial charge in [-0.2, -0.15) is 0 Å². The quantitative estimate of drug-likeness (QED) is 0.0469. The number of carboxylic acids is 6. The molecule has 0 fully saturated rings. The van der Waals surface area contributed by atoms with Crippen LogP contribution in [0, 0.1) is 0 Å². The first-order valence-electron chi connectivity index (χ1n) is 20.1. The summed E-state index contributed by atoms with van der Waals surface area (Å²) in [5.74, 6) is -12.9. The number of carboxylic acid groups (broad SMARTS) is 6. The van der Waals surface area contributed by atoms with Gasteiger partial charge in [0, 0.05) is 32.0 Å². The second-order valence-corrected chi connectivity index (χ2v) is 15.5. The fraction of sp³-hybridized carbons (Fsp3) is 0.500. The van der Waals surface area contributed by atoms with Crippen molar-refractivity contribution in [3.63, 3.8) is 0 Å². The Labute approximate surface area is 369 Å². The van der Waals surface area contributed by atoms with Crippen LogP contribution in [-0.4, -0.2) is 137 Å². The largest absolute Gasteiger partial charge is 0.481 e. The van der Waals surface area contributed by atoms with Gasteiger partial charge in [-0.15, -0.1) is 0 Å². The van der Waals surface area contributed by atoms with Crippen molar-refractivity contribution in [2.75, 3.05) is 18.4 Å². The van der Waals surface area contributed by atoms with E-state index in [-0.39, 0.29) is 36.5 Å². The van der Waals surface area contributed by atoms with Gasteiger partial charge in [0.15, 0.2) is 5.13 Å². The monoisotopic (exact) mass is 920 g/mol. The molecule has 10 N–H and O–H groups in total. The van der Waals surface area contributed by atoms with Crippen molar-refractivity contribution in [1.29, 1.82) is 0 Å². The Bertz CT molecular complexity index is 1990. The minimum atomic E-state index is -1.96. The number of nitrogens with one attached hydrogen (secondary N) is 4. The fourth-order valence-corrected chi connectivity index (χ4v) is 6.88. The maximum Gasteiger partial charge on any atom is 0.335 e. The summed E-state index contributed by atoms with van der Waals surface area (Å²) in [5.41, 5.74) is 0.836. The zero-order chi connectivity index (χ0) is 47.8. The topological polar surface area (TPSA) is 373 Å². The Hall–Kier alpha value is -6.98. The van der Waals surface area contributed by atoms with E-state index in [0.29, 0.717) is 29.7 Å². The van der Waals surface area contributed by atoms with Crippen molar-refractivity contribution in [3.8, 4) is 10.4 Å². The number of aromatic nitrogens is 1. The predicted molar refractivity (Wildman–Crippen MR) is 223 cm³/mol. The van der Waals surface area contributed by atoms with Crippen LogP contribution < -0.4 is 21.3 Å². The first kappa shape index (κ1) is 53.2. The summed E-state index contributed by atoms with van der Waals surface area (Å²) in [6, 6.07) is 0.519. The summed E-state index contributed by atoms with van der Waals surface area (Å²) >= 11 is 1.17. The summed E-state index contributed by atoms with van der Waals surface area (Å²) in [6.07, 6.45) is 4.31. The van der Waals surface area contributed by atoms with E-state index in [1.165, 1.54) is 34.6 Å². The first-order valence-corrected chi connectivity index (χ1v) is 20.9. The molecule has 23 nitrogen and oxygen atoms in total. The second kappa shape index (κ2) is 27.9. The number of carbonyl (C=O) groups excluding carboxylic acids is 5. The average molecular weight is 921 g/mol. The summed E-state index contributed by atoms with van der Waals surface area (Å²) in [7, 11) is 0. The lowest BCUT2D eigenvalue weighted by Crippen LogP contribution is -2.56. The zero-order valence-electron chi connectivity index (χ0n) is 34.6. The third-order valence-corrected chi connectivity index (χ3v) is 10.2. The van der Waals surface area contributed by atoms with E-state index in [4.69, 9.17) is 15.3 Å². The zero-order valence-corrected chi connectivity index (χ0v) is 35.4. The maximum atomic E-state index is 12.9. The molecule has 24 heteroatoms. The molecule has 0 saturated heterocycles. The van der Waals surface area contributed by atoms with Gasteiger partial charge in [0.1, 0.15) is 24.7 Å². The summed E-state index contributed by atoms with van der Waals surface area (Å²) < 4.78 is 0. The number of hydrogen-bond acceptors (Lipinski definition) is 13. The van der Waals surface area contributed by atoms with Crippen molar-refractivity contribution in [2.24, 2.45) is 0 Å². The van der Waals surface area contributed by atoms with E-state index in [2.05, 4.69) is 15.6 Å². The highest BCUT2D eigenvalue weighted by molar-refractivity contribution is 7.19. The van der Waals surface area contributed by atoms with Crippen LogP contribution in [0.15, 0.2) is 30.5 Å². The van der Waals surface area contributed by atoms with Gasteiger partial charge in [0.25, 0.3) is 0 Å². The molecule has 0 unspecified atom stereocenters. The number of aliphatic carboxylic acids is 5. The van der Waals surface area contributed by atoms with Crippen molar-refractivity contribution >= 4 is 81.8 Å². The molecule has 64 heavy (non-hydrogen) atoms. The molecule has 0 radical (unpaired) electrons. The van der Waals surface area contributed by atoms with E-state index in [9.17, 15) is 68.1 Å². The standard InChI is InChI=1S/C40H52N6O17S/c47-29(42-25(18-32(50)51)36(58)43-26(19-33(52)53)37(59)44-27(39(62)63)20-34(54)55)10-8-6-4-2-1-3-5-7-9-17-46(22-35(56)57)31(49)16-15-30(48)45-40-41-21-28(64-40)23-11-13-24(14-12-23)38(60)61/h11-14,21,25-27H,1-10,15-20,22H2,(H,42,47)(H,43,58)(H,44,59)(H,50,51)(H,52,53)(H,54,55)(H,56,57)(H,60,61)(H,62,63)(H,41,45,48)/t25-,26-,27-/m0/s1. The van der Waals surface area contributed by atoms with Crippen LogP contribution in [0.2, 0.25) is 0 Å². The highest BCUT2D eigenvalue weighted by Crippen LogP contribution is 2.29. The molecule has 0 spiro atoms. The van der Waals surface area contributed by atoms with Crippen molar-refractivity contribution in [2.45, 2.75) is 114 Å². The van der Waals surface area contributed by atoms with Crippen molar-refractivity contribution in [3.05, 3.63) is 36.0 Å². The van der Waals surface area contributed by atoms with Crippen LogP contribution in [0.4, 0.5) is 5.13 Å². The molecule has 350 valence electrons. The van der Waals surface area contributed by atoms with Crippen LogP contribution in [0.1, 0.15) is 107 Å². The molecule has 1 heterocycles. The lowest BCUT2D eigenvalue weighted by molar-refractivity contribution is -0.148. The Morgan fingerprint density at radius 3 is 1.58 bits per heavy atom. The average Bonchev–Trinajstić information content (AvgIpc) is 3.68. The minimum absolute atomic E-state index is 0.0883. The second-order valence-electron chi connectivity index (χ2n) is 14.5. The first-order chi connectivity index (χ1) is 30.2. The number of unbranched alkanes of at least 4 members (excludes halogenated alkanes) is 8. The molecular formula is C40H52N6O17S. The third kappa shape index (κ3) is 21.2. The molecule has 0 aliphatic heterocycles. The number of amides is 5. The number of nitrogens with zero attached hydrogens (tertiary/aromatic N) is 2. The molecule has 0 bridgehead atoms. The lowest BCUT2D eigenvalue weighted by Gasteiger charge is -2.23. The van der Waals surface area contributed by atoms with E-state index >= 15 is 0 Å². The number of carbonyl (C=O) groups is 11. The maximum absolute atomic E-state index is 12.9. The number of benzene rings is 1. The molecule has 1 aromatic heterocycles. The van der Waals surface area contributed by atoms with Crippen LogP contribution in [-0.2, 0) is 47.9 Å². The molecule has 2 aromatic rings. The molecule has 0 aliphatic carbocycles. The Kier molecular flexibility index (Phi) is 23.1. The van der Waals surface area contributed by atoms with Gasteiger partial charge in [-0.05, 0) is 30.5 Å². The number of rotatable bonds is 32. The Balaban J connectivity index is 1.69. The van der Waals surface area contributed by atoms with Gasteiger partial charge >= 0.3 is 35.8 Å². The van der Waals surface area contributed by atoms with Crippen molar-refractivity contribution < 1.29 is 83.4 Å². The van der Waals surface area contributed by atoms with Crippen molar-refractivity contribution in [1.82, 2.24) is 25.8 Å². The number of aromatic carboxylic acids is 1. The lowest BCUT2D eigenvalue weighted by atomic mass is 10.1. The van der Waals surface area contributed by atoms with Gasteiger partial charge in [-0.3, -0.25) is 43.2 Å². The van der Waals surface area contributed by atoms with Gasteiger partial charge in [0.2, 0.25) is 29.5 Å². The Morgan fingerprint density at radius 1 is 0.562 bits per heavy atom. The molecule has 3 atom stereocenters. The van der Waals surface area contributed by atoms with E-state index < -0.39 is 109 Å². The molecule has 0 saturated carbocycles. The summed E-state index contributed by atoms with van der Waals surface area (Å²) in [5, 5.41) is 63.8. The number of thiazole rings is 1. The van der Waals surface area contributed by atoms with Gasteiger partial charge in [-0.1, -0.05) is 68.4 Å². The minimum Gasteiger partial charge on any atom is -0.481 e. The number of anilines is 1. The number of hydrogen-bond donors (Lipinski definition) is 10. The molecule has 0 aliphatic rings. The van der Waals surface area contributed by atoms with Crippen LogP contribution >= 0.6 is 11.3 Å². The van der Waals surface area contributed by atoms with Gasteiger partial charge in [0.05, 0.1) is 29.7 Å². The van der Waals surface area contributed by atoms with Crippen LogP contribution in [0.25, 0.3) is 10.4 Å². The van der Waals surface area contributed by atoms with Crippen LogP contribution in [0.5, 0.6) is 0 Å². The predicted octanol–water partition coefficient (Wildman–Crippen LogP) is 2.00. The smallest absolute Gasteiger partial charge is 0.335 e. The van der Waals surface area contributed by atoms with Crippen LogP contribution in [0.3, 0.4) is 0 Å². The molecular weight excluding hydrogens is 869 g/mol. The highest BCUT2D eigenvalue weighted by atomic mass is 32.1. The molecule has 2 rings (SSSR count). The van der Waals surface area contributed by atoms with Gasteiger partial charge < -0.3 is 56.8 Å². The highest BCUT2D eigenvalue weighted by Gasteiger charge is 2.32. The molecule has 5 amide bonds. The van der Waals surface area contributed by atoms with Gasteiger partial charge in [-0.25, -0.2) is 14.6 Å². The van der Waals surface area contributed by atoms with E-state index in [0.717, 1.165) is 38.5 Å². The summed E-state index contributed by atoms with van der Waals surface area (Å²) in [6.45, 7) is -0.317. The Morgan fingerprint density at radius 2 is 1.06 bits per heavy atom. The van der Waals surface area contributed by atoms with E-state index in [1.807, 2.05) is 10.6 Å².